The Morgan fingerprint density at radius 2 is 1.92 bits per heavy atom. The Labute approximate surface area is 149 Å². The van der Waals surface area contributed by atoms with E-state index in [0.29, 0.717) is 0 Å². The molecule has 2 rings (SSSR count). The van der Waals surface area contributed by atoms with E-state index in [1.165, 1.54) is 18.1 Å². The molecular weight excluding hydrogens is 348 g/mol. The summed E-state index contributed by atoms with van der Waals surface area (Å²) in [5.41, 5.74) is -2.51. The summed E-state index contributed by atoms with van der Waals surface area (Å²) in [6.07, 6.45) is -0.313. The van der Waals surface area contributed by atoms with Crippen LogP contribution in [0.4, 0.5) is 5.69 Å². The van der Waals surface area contributed by atoms with Crippen molar-refractivity contribution in [1.82, 2.24) is 4.90 Å². The number of amides is 1. The van der Waals surface area contributed by atoms with Gasteiger partial charge in [-0.05, 0) is 6.92 Å². The number of nitro groups is 1. The van der Waals surface area contributed by atoms with Gasteiger partial charge in [0.2, 0.25) is 0 Å². The highest BCUT2D eigenvalue weighted by molar-refractivity contribution is 5.99. The third-order valence-corrected chi connectivity index (χ3v) is 4.28. The summed E-state index contributed by atoms with van der Waals surface area (Å²) in [7, 11) is 1.33. The highest BCUT2D eigenvalue weighted by Crippen LogP contribution is 2.36. The number of rotatable bonds is 6. The topological polar surface area (TPSA) is 139 Å². The van der Waals surface area contributed by atoms with Crippen molar-refractivity contribution in [1.29, 1.82) is 0 Å². The van der Waals surface area contributed by atoms with Gasteiger partial charge in [0.1, 0.15) is 5.56 Å². The smallest absolute Gasteiger partial charge is 0.335 e. The fourth-order valence-corrected chi connectivity index (χ4v) is 2.76. The van der Waals surface area contributed by atoms with E-state index in [0.717, 1.165) is 6.07 Å². The first-order chi connectivity index (χ1) is 12.2. The predicted molar refractivity (Wildman–Crippen MR) is 88.5 cm³/mol. The van der Waals surface area contributed by atoms with Crippen LogP contribution in [0.25, 0.3) is 0 Å². The van der Waals surface area contributed by atoms with Gasteiger partial charge in [-0.15, -0.1) is 0 Å². The number of piperidine rings is 1. The van der Waals surface area contributed by atoms with Crippen LogP contribution < -0.4 is 9.47 Å². The Hall–Kier alpha value is -2.88. The average Bonchev–Trinajstić information content (AvgIpc) is 2.61. The van der Waals surface area contributed by atoms with Crippen LogP contribution in [0, 0.1) is 10.1 Å². The fourth-order valence-electron chi connectivity index (χ4n) is 2.76. The van der Waals surface area contributed by atoms with Crippen LogP contribution >= 0.6 is 0 Å². The van der Waals surface area contributed by atoms with Gasteiger partial charge in [0, 0.05) is 32.0 Å². The van der Waals surface area contributed by atoms with Gasteiger partial charge in [-0.3, -0.25) is 14.9 Å². The van der Waals surface area contributed by atoms with E-state index in [1.807, 2.05) is 0 Å². The van der Waals surface area contributed by atoms with E-state index in [-0.39, 0.29) is 49.6 Å². The summed E-state index contributed by atoms with van der Waals surface area (Å²) in [5, 5.41) is 30.4. The van der Waals surface area contributed by atoms with Crippen molar-refractivity contribution in [3.63, 3.8) is 0 Å². The maximum Gasteiger partial charge on any atom is 0.335 e. The second kappa shape index (κ2) is 7.56. The Balaban J connectivity index is 2.34. The molecule has 10 heteroatoms. The first-order valence-corrected chi connectivity index (χ1v) is 7.97. The molecule has 0 spiro atoms. The number of hydrogen-bond acceptors (Lipinski definition) is 7. The lowest BCUT2D eigenvalue weighted by molar-refractivity contribution is -0.385. The molecule has 0 saturated carbocycles. The van der Waals surface area contributed by atoms with Crippen LogP contribution in [-0.2, 0) is 4.79 Å². The monoisotopic (exact) mass is 368 g/mol. The molecule has 1 amide bonds. The number of nitrogens with zero attached hydrogens (tertiary/aromatic N) is 2. The number of carbonyl (C=O) groups is 2. The van der Waals surface area contributed by atoms with Gasteiger partial charge in [-0.25, -0.2) is 4.79 Å². The zero-order valence-corrected chi connectivity index (χ0v) is 14.4. The second-order valence-electron chi connectivity index (χ2n) is 5.84. The number of likely N-dealkylation sites (tertiary alicyclic amines) is 1. The lowest BCUT2D eigenvalue weighted by atomic mass is 9.91. The summed E-state index contributed by atoms with van der Waals surface area (Å²) in [5.74, 6) is -1.65. The number of aliphatic hydroxyl groups is 1. The minimum atomic E-state index is -1.89. The molecule has 0 unspecified atom stereocenters. The molecule has 10 nitrogen and oxygen atoms in total. The first-order valence-electron chi connectivity index (χ1n) is 7.97. The van der Waals surface area contributed by atoms with E-state index in [4.69, 9.17) is 14.6 Å². The van der Waals surface area contributed by atoms with E-state index in [1.54, 1.807) is 6.92 Å². The van der Waals surface area contributed by atoms with Gasteiger partial charge in [-0.2, -0.15) is 0 Å². The van der Waals surface area contributed by atoms with E-state index in [2.05, 4.69) is 0 Å². The summed E-state index contributed by atoms with van der Waals surface area (Å²) in [4.78, 5) is 35.8. The van der Waals surface area contributed by atoms with E-state index < -0.39 is 28.1 Å². The molecule has 1 fully saturated rings. The summed E-state index contributed by atoms with van der Waals surface area (Å²) < 4.78 is 10.4. The number of hydrogen-bond donors (Lipinski definition) is 2. The van der Waals surface area contributed by atoms with Crippen LogP contribution in [0.1, 0.15) is 30.1 Å². The highest BCUT2D eigenvalue weighted by atomic mass is 16.6. The zero-order valence-electron chi connectivity index (χ0n) is 14.4. The SMILES string of the molecule is CCOc1cc(C(=O)N2CCC(O)(C(=O)O)CC2)c([N+](=O)[O-])cc1OC. The maximum atomic E-state index is 12.8. The molecule has 0 aromatic heterocycles. The fraction of sp³-hybridized carbons (Fsp3) is 0.500. The maximum absolute atomic E-state index is 12.8. The van der Waals surface area contributed by atoms with Crippen LogP contribution in [0.5, 0.6) is 11.5 Å². The third kappa shape index (κ3) is 3.69. The number of carboxylic acids is 1. The first kappa shape index (κ1) is 19.4. The molecule has 1 aliphatic heterocycles. The van der Waals surface area contributed by atoms with Crippen LogP contribution in [0.2, 0.25) is 0 Å². The number of benzene rings is 1. The Kier molecular flexibility index (Phi) is 5.66. The molecule has 1 saturated heterocycles. The third-order valence-electron chi connectivity index (χ3n) is 4.28. The van der Waals surface area contributed by atoms with Crippen molar-refractivity contribution in [3.05, 3.63) is 27.8 Å². The summed E-state index contributed by atoms with van der Waals surface area (Å²) in [6.45, 7) is 1.93. The van der Waals surface area contributed by atoms with Crippen molar-refractivity contribution < 1.29 is 34.2 Å². The Bertz CT molecular complexity index is 725. The number of carboxylic acid groups (broad SMARTS) is 1. The van der Waals surface area contributed by atoms with Crippen molar-refractivity contribution in [3.8, 4) is 11.5 Å². The molecule has 1 heterocycles. The molecular formula is C16H20N2O8. The molecule has 1 aliphatic rings. The lowest BCUT2D eigenvalue weighted by Gasteiger charge is -2.35. The highest BCUT2D eigenvalue weighted by Gasteiger charge is 2.41. The molecule has 0 radical (unpaired) electrons. The molecule has 1 aromatic rings. The number of aliphatic carboxylic acids is 1. The van der Waals surface area contributed by atoms with Crippen LogP contribution in [-0.4, -0.2) is 64.3 Å². The predicted octanol–water partition coefficient (Wildman–Crippen LogP) is 1.05. The summed E-state index contributed by atoms with van der Waals surface area (Å²) in [6, 6.07) is 2.37. The van der Waals surface area contributed by atoms with Crippen molar-refractivity contribution in [2.45, 2.75) is 25.4 Å². The number of methoxy groups -OCH3 is 1. The average molecular weight is 368 g/mol. The van der Waals surface area contributed by atoms with Crippen molar-refractivity contribution in [2.75, 3.05) is 26.8 Å². The molecule has 142 valence electrons. The van der Waals surface area contributed by atoms with Crippen LogP contribution in [0.3, 0.4) is 0 Å². The molecule has 0 aliphatic carbocycles. The van der Waals surface area contributed by atoms with Gasteiger partial charge >= 0.3 is 5.97 Å². The number of ether oxygens (including phenoxy) is 2. The minimum absolute atomic E-state index is 0.0330. The van der Waals surface area contributed by atoms with E-state index in [9.17, 15) is 24.8 Å². The van der Waals surface area contributed by atoms with Gasteiger partial charge in [0.25, 0.3) is 11.6 Å². The number of carbonyl (C=O) groups excluding carboxylic acids is 1. The summed E-state index contributed by atoms with van der Waals surface area (Å²) >= 11 is 0. The van der Waals surface area contributed by atoms with Crippen molar-refractivity contribution in [2.24, 2.45) is 0 Å². The molecule has 0 bridgehead atoms. The van der Waals surface area contributed by atoms with Gasteiger partial charge in [0.15, 0.2) is 17.1 Å². The largest absolute Gasteiger partial charge is 0.493 e. The van der Waals surface area contributed by atoms with Gasteiger partial charge in [0.05, 0.1) is 24.7 Å². The Morgan fingerprint density at radius 3 is 2.38 bits per heavy atom. The Morgan fingerprint density at radius 1 is 1.31 bits per heavy atom. The van der Waals surface area contributed by atoms with E-state index >= 15 is 0 Å². The standard InChI is InChI=1S/C16H20N2O8/c1-3-26-13-8-10(11(18(23)24)9-12(13)25-2)14(19)17-6-4-16(22,5-7-17)15(20)21/h8-9,22H,3-7H2,1-2H3,(H,20,21). The second-order valence-corrected chi connectivity index (χ2v) is 5.84. The molecule has 26 heavy (non-hydrogen) atoms. The number of nitro benzene ring substituents is 1. The zero-order chi connectivity index (χ0) is 19.5. The van der Waals surface area contributed by atoms with Gasteiger partial charge in [-0.1, -0.05) is 0 Å². The van der Waals surface area contributed by atoms with Crippen molar-refractivity contribution >= 4 is 17.6 Å². The minimum Gasteiger partial charge on any atom is -0.493 e. The van der Waals surface area contributed by atoms with Crippen LogP contribution in [0.15, 0.2) is 12.1 Å². The lowest BCUT2D eigenvalue weighted by Crippen LogP contribution is -2.50. The molecule has 0 atom stereocenters. The molecule has 1 aromatic carbocycles. The normalized spacial score (nSPS) is 16.0. The molecule has 2 N–H and O–H groups in total. The van der Waals surface area contributed by atoms with Gasteiger partial charge < -0.3 is 24.6 Å². The quantitative estimate of drug-likeness (QED) is 0.561.